The van der Waals surface area contributed by atoms with Gasteiger partial charge < -0.3 is 10.2 Å². The molecule has 2 saturated heterocycles. The zero-order valence-corrected chi connectivity index (χ0v) is 9.04. The second-order valence-electron chi connectivity index (χ2n) is 5.32. The number of nitrogens with zero attached hydrogens (tertiary/aromatic N) is 1. The lowest BCUT2D eigenvalue weighted by molar-refractivity contribution is 0.111. The lowest BCUT2D eigenvalue weighted by atomic mass is 9.77. The third-order valence-corrected chi connectivity index (χ3v) is 4.57. The fourth-order valence-electron chi connectivity index (χ4n) is 3.85. The Morgan fingerprint density at radius 1 is 0.929 bits per heavy atom. The van der Waals surface area contributed by atoms with E-state index in [1.807, 2.05) is 0 Å². The van der Waals surface area contributed by atoms with Crippen LogP contribution in [0.3, 0.4) is 0 Å². The smallest absolute Gasteiger partial charge is 0.0139 e. The standard InChI is InChI=1S/C12H22N2/c1-2-7-14(6-1)12-5-3-4-10-8-13-9-11(10)12/h10-13H,1-9H2/t10-,11+,12-/m1/s1. The summed E-state index contributed by atoms with van der Waals surface area (Å²) in [7, 11) is 0. The van der Waals surface area contributed by atoms with E-state index in [9.17, 15) is 0 Å². The maximum absolute atomic E-state index is 3.59. The lowest BCUT2D eigenvalue weighted by Crippen LogP contribution is -2.44. The average molecular weight is 194 g/mol. The second kappa shape index (κ2) is 3.82. The van der Waals surface area contributed by atoms with Crippen LogP contribution < -0.4 is 5.32 Å². The van der Waals surface area contributed by atoms with E-state index < -0.39 is 0 Å². The van der Waals surface area contributed by atoms with Crippen LogP contribution in [0.25, 0.3) is 0 Å². The highest BCUT2D eigenvalue weighted by molar-refractivity contribution is 4.94. The Balaban J connectivity index is 1.70. The molecule has 2 heteroatoms. The van der Waals surface area contributed by atoms with E-state index >= 15 is 0 Å². The first-order valence-electron chi connectivity index (χ1n) is 6.40. The Kier molecular flexibility index (Phi) is 2.50. The molecule has 0 aromatic carbocycles. The molecule has 0 aromatic heterocycles. The quantitative estimate of drug-likeness (QED) is 0.680. The molecule has 0 amide bonds. The van der Waals surface area contributed by atoms with Gasteiger partial charge >= 0.3 is 0 Å². The Labute approximate surface area is 87.0 Å². The Morgan fingerprint density at radius 3 is 2.64 bits per heavy atom. The van der Waals surface area contributed by atoms with Crippen LogP contribution in [0.4, 0.5) is 0 Å². The molecule has 2 heterocycles. The summed E-state index contributed by atoms with van der Waals surface area (Å²) < 4.78 is 0. The van der Waals surface area contributed by atoms with Crippen LogP contribution in [-0.4, -0.2) is 37.1 Å². The number of hydrogen-bond donors (Lipinski definition) is 1. The fraction of sp³-hybridized carbons (Fsp3) is 1.00. The van der Waals surface area contributed by atoms with Crippen molar-refractivity contribution < 1.29 is 0 Å². The van der Waals surface area contributed by atoms with E-state index in [-0.39, 0.29) is 0 Å². The largest absolute Gasteiger partial charge is 0.316 e. The van der Waals surface area contributed by atoms with Crippen molar-refractivity contribution in [3.05, 3.63) is 0 Å². The zero-order chi connectivity index (χ0) is 9.38. The highest BCUT2D eigenvalue weighted by Crippen LogP contribution is 2.36. The molecule has 80 valence electrons. The minimum atomic E-state index is 0.936. The SMILES string of the molecule is C1C[C@@H]2CNC[C@@H]2[C@H](N2CCCC2)C1. The molecule has 1 N–H and O–H groups in total. The van der Waals surface area contributed by atoms with Gasteiger partial charge in [-0.15, -0.1) is 0 Å². The van der Waals surface area contributed by atoms with E-state index in [4.69, 9.17) is 0 Å². The van der Waals surface area contributed by atoms with E-state index in [2.05, 4.69) is 10.2 Å². The van der Waals surface area contributed by atoms with Crippen molar-refractivity contribution in [1.29, 1.82) is 0 Å². The van der Waals surface area contributed by atoms with Gasteiger partial charge in [-0.1, -0.05) is 6.42 Å². The molecule has 3 rings (SSSR count). The molecule has 1 aliphatic carbocycles. The highest BCUT2D eigenvalue weighted by Gasteiger charge is 2.39. The molecule has 0 aromatic rings. The van der Waals surface area contributed by atoms with Gasteiger partial charge in [0.15, 0.2) is 0 Å². The van der Waals surface area contributed by atoms with Crippen LogP contribution in [-0.2, 0) is 0 Å². The molecular weight excluding hydrogens is 172 g/mol. The molecule has 0 radical (unpaired) electrons. The van der Waals surface area contributed by atoms with E-state index in [0.29, 0.717) is 0 Å². The minimum absolute atomic E-state index is 0.936. The summed E-state index contributed by atoms with van der Waals surface area (Å²) >= 11 is 0. The fourth-order valence-corrected chi connectivity index (χ4v) is 3.85. The molecule has 3 fully saturated rings. The Hall–Kier alpha value is -0.0800. The predicted molar refractivity (Wildman–Crippen MR) is 58.3 cm³/mol. The summed E-state index contributed by atoms with van der Waals surface area (Å²) in [5.74, 6) is 2.00. The van der Waals surface area contributed by atoms with Crippen molar-refractivity contribution in [2.24, 2.45) is 11.8 Å². The first-order chi connectivity index (χ1) is 6.95. The summed E-state index contributed by atoms with van der Waals surface area (Å²) in [5, 5.41) is 3.59. The molecule has 2 aliphatic heterocycles. The van der Waals surface area contributed by atoms with E-state index in [1.54, 1.807) is 0 Å². The van der Waals surface area contributed by atoms with Crippen molar-refractivity contribution in [1.82, 2.24) is 10.2 Å². The van der Waals surface area contributed by atoms with E-state index in [0.717, 1.165) is 17.9 Å². The monoisotopic (exact) mass is 194 g/mol. The van der Waals surface area contributed by atoms with Crippen LogP contribution in [0.15, 0.2) is 0 Å². The van der Waals surface area contributed by atoms with Crippen LogP contribution in [0.5, 0.6) is 0 Å². The van der Waals surface area contributed by atoms with Gasteiger partial charge in [-0.3, -0.25) is 0 Å². The van der Waals surface area contributed by atoms with Gasteiger partial charge in [0.05, 0.1) is 0 Å². The minimum Gasteiger partial charge on any atom is -0.316 e. The molecule has 2 nitrogen and oxygen atoms in total. The lowest BCUT2D eigenvalue weighted by Gasteiger charge is -2.39. The van der Waals surface area contributed by atoms with Gasteiger partial charge in [0.2, 0.25) is 0 Å². The van der Waals surface area contributed by atoms with Gasteiger partial charge in [-0.2, -0.15) is 0 Å². The maximum Gasteiger partial charge on any atom is 0.0139 e. The van der Waals surface area contributed by atoms with Crippen LogP contribution >= 0.6 is 0 Å². The van der Waals surface area contributed by atoms with Crippen molar-refractivity contribution in [3.8, 4) is 0 Å². The molecule has 3 atom stereocenters. The van der Waals surface area contributed by atoms with E-state index in [1.165, 1.54) is 58.3 Å². The molecule has 0 bridgehead atoms. The second-order valence-corrected chi connectivity index (χ2v) is 5.32. The summed E-state index contributed by atoms with van der Waals surface area (Å²) in [6.07, 6.45) is 7.33. The first kappa shape index (κ1) is 9.17. The maximum atomic E-state index is 3.59. The van der Waals surface area contributed by atoms with Gasteiger partial charge in [0.1, 0.15) is 0 Å². The van der Waals surface area contributed by atoms with Gasteiger partial charge in [0.25, 0.3) is 0 Å². The molecule has 1 saturated carbocycles. The molecule has 3 aliphatic rings. The summed E-state index contributed by atoms with van der Waals surface area (Å²) in [4.78, 5) is 2.78. The van der Waals surface area contributed by atoms with Crippen molar-refractivity contribution >= 4 is 0 Å². The third-order valence-electron chi connectivity index (χ3n) is 4.57. The van der Waals surface area contributed by atoms with Crippen molar-refractivity contribution in [3.63, 3.8) is 0 Å². The van der Waals surface area contributed by atoms with Crippen LogP contribution in [0.1, 0.15) is 32.1 Å². The van der Waals surface area contributed by atoms with Crippen LogP contribution in [0.2, 0.25) is 0 Å². The number of nitrogens with one attached hydrogen (secondary N) is 1. The first-order valence-corrected chi connectivity index (χ1v) is 6.40. The van der Waals surface area contributed by atoms with Crippen molar-refractivity contribution in [2.45, 2.75) is 38.1 Å². The highest BCUT2D eigenvalue weighted by atomic mass is 15.2. The third kappa shape index (κ3) is 1.49. The molecule has 14 heavy (non-hydrogen) atoms. The van der Waals surface area contributed by atoms with Crippen molar-refractivity contribution in [2.75, 3.05) is 26.2 Å². The molecule has 0 spiro atoms. The van der Waals surface area contributed by atoms with Crippen LogP contribution in [0, 0.1) is 11.8 Å². The Morgan fingerprint density at radius 2 is 1.79 bits per heavy atom. The molecule has 0 unspecified atom stereocenters. The van der Waals surface area contributed by atoms with Gasteiger partial charge in [0, 0.05) is 6.04 Å². The number of hydrogen-bond acceptors (Lipinski definition) is 2. The van der Waals surface area contributed by atoms with Gasteiger partial charge in [-0.05, 0) is 63.7 Å². The predicted octanol–water partition coefficient (Wildman–Crippen LogP) is 1.47. The summed E-state index contributed by atoms with van der Waals surface area (Å²) in [5.41, 5.74) is 0. The topological polar surface area (TPSA) is 15.3 Å². The average Bonchev–Trinajstić information content (AvgIpc) is 2.88. The van der Waals surface area contributed by atoms with Gasteiger partial charge in [-0.25, -0.2) is 0 Å². The summed E-state index contributed by atoms with van der Waals surface area (Å²) in [6, 6.07) is 0.936. The number of rotatable bonds is 1. The summed E-state index contributed by atoms with van der Waals surface area (Å²) in [6.45, 7) is 5.36. The normalized spacial score (nSPS) is 44.1. The molecular formula is C12H22N2. The number of fused-ring (bicyclic) bond motifs is 1. The Bertz CT molecular complexity index is 198. The number of likely N-dealkylation sites (tertiary alicyclic amines) is 1. The zero-order valence-electron chi connectivity index (χ0n) is 9.04.